The number of benzene rings is 1. The first-order valence-corrected chi connectivity index (χ1v) is 9.70. The molecule has 7 nitrogen and oxygen atoms in total. The number of carbonyl (C=O) groups is 3. The van der Waals surface area contributed by atoms with Gasteiger partial charge in [0.15, 0.2) is 0 Å². The van der Waals surface area contributed by atoms with Crippen LogP contribution in [0.15, 0.2) is 24.3 Å². The normalized spacial score (nSPS) is 16.8. The Morgan fingerprint density at radius 1 is 1.14 bits per heavy atom. The van der Waals surface area contributed by atoms with Gasteiger partial charge in [0.2, 0.25) is 17.7 Å². The van der Waals surface area contributed by atoms with E-state index in [1.807, 2.05) is 30.1 Å². The highest BCUT2D eigenvalue weighted by molar-refractivity contribution is 6.10. The Morgan fingerprint density at radius 2 is 1.82 bits per heavy atom. The minimum absolute atomic E-state index is 0. The maximum absolute atomic E-state index is 12.6. The SMILES string of the molecule is CNCCC1CCN(C(=O)CCC(=O)N2CC(=O)Nc3ccccc32)CC1.Cl. The van der Waals surface area contributed by atoms with Crippen molar-refractivity contribution in [3.63, 3.8) is 0 Å². The third kappa shape index (κ3) is 5.45. The smallest absolute Gasteiger partial charge is 0.244 e. The summed E-state index contributed by atoms with van der Waals surface area (Å²) in [5.74, 6) is 0.309. The fraction of sp³-hybridized carbons (Fsp3) is 0.550. The van der Waals surface area contributed by atoms with Gasteiger partial charge in [-0.05, 0) is 50.9 Å². The second-order valence-electron chi connectivity index (χ2n) is 7.26. The van der Waals surface area contributed by atoms with Crippen LogP contribution >= 0.6 is 12.4 Å². The van der Waals surface area contributed by atoms with Crippen LogP contribution in [0.3, 0.4) is 0 Å². The maximum Gasteiger partial charge on any atom is 0.244 e. The number of carbonyl (C=O) groups excluding carboxylic acids is 3. The molecule has 0 bridgehead atoms. The summed E-state index contributed by atoms with van der Waals surface area (Å²) in [6.07, 6.45) is 3.52. The van der Waals surface area contributed by atoms with Crippen molar-refractivity contribution < 1.29 is 14.4 Å². The molecule has 0 aliphatic carbocycles. The zero-order valence-electron chi connectivity index (χ0n) is 16.3. The first-order valence-electron chi connectivity index (χ1n) is 9.70. The quantitative estimate of drug-likeness (QED) is 0.754. The van der Waals surface area contributed by atoms with Crippen molar-refractivity contribution in [3.8, 4) is 0 Å². The summed E-state index contributed by atoms with van der Waals surface area (Å²) in [7, 11) is 1.96. The molecule has 3 rings (SSSR count). The van der Waals surface area contributed by atoms with E-state index in [4.69, 9.17) is 0 Å². The highest BCUT2D eigenvalue weighted by Crippen LogP contribution is 2.29. The standard InChI is InChI=1S/C20H28N4O3.ClH/c1-21-11-8-15-9-12-23(13-10-15)19(26)6-7-20(27)24-14-18(25)22-16-4-2-3-5-17(16)24;/h2-5,15,21H,6-14H2,1H3,(H,22,25);1H. The number of para-hydroxylation sites is 2. The average Bonchev–Trinajstić information content (AvgIpc) is 2.69. The van der Waals surface area contributed by atoms with E-state index in [-0.39, 0.29) is 49.5 Å². The monoisotopic (exact) mass is 408 g/mol. The number of halogens is 1. The Morgan fingerprint density at radius 3 is 2.54 bits per heavy atom. The van der Waals surface area contributed by atoms with Gasteiger partial charge in [-0.3, -0.25) is 14.4 Å². The first-order chi connectivity index (χ1) is 13.1. The number of nitrogens with one attached hydrogen (secondary N) is 2. The van der Waals surface area contributed by atoms with Crippen molar-refractivity contribution in [2.45, 2.75) is 32.1 Å². The van der Waals surface area contributed by atoms with Gasteiger partial charge in [0.1, 0.15) is 6.54 Å². The van der Waals surface area contributed by atoms with Crippen LogP contribution in [-0.4, -0.2) is 55.8 Å². The summed E-state index contributed by atoms with van der Waals surface area (Å²) in [5, 5.41) is 5.94. The zero-order chi connectivity index (χ0) is 19.2. The summed E-state index contributed by atoms with van der Waals surface area (Å²) in [6.45, 7) is 2.56. The van der Waals surface area contributed by atoms with Gasteiger partial charge in [0.05, 0.1) is 11.4 Å². The molecular weight excluding hydrogens is 380 g/mol. The van der Waals surface area contributed by atoms with Crippen molar-refractivity contribution >= 4 is 41.5 Å². The third-order valence-electron chi connectivity index (χ3n) is 5.39. The number of hydrogen-bond donors (Lipinski definition) is 2. The molecule has 8 heteroatoms. The molecule has 0 atom stereocenters. The molecule has 0 saturated carbocycles. The highest BCUT2D eigenvalue weighted by atomic mass is 35.5. The second-order valence-corrected chi connectivity index (χ2v) is 7.26. The third-order valence-corrected chi connectivity index (χ3v) is 5.39. The number of rotatable bonds is 6. The first kappa shape index (κ1) is 22.2. The Kier molecular flexibility index (Phi) is 8.26. The molecule has 0 aromatic heterocycles. The molecule has 2 heterocycles. The Balaban J connectivity index is 0.00000280. The molecule has 154 valence electrons. The van der Waals surface area contributed by atoms with Crippen molar-refractivity contribution in [2.24, 2.45) is 5.92 Å². The van der Waals surface area contributed by atoms with E-state index in [0.29, 0.717) is 17.3 Å². The van der Waals surface area contributed by atoms with Crippen LogP contribution in [0.1, 0.15) is 32.1 Å². The molecule has 28 heavy (non-hydrogen) atoms. The lowest BCUT2D eigenvalue weighted by atomic mass is 9.93. The van der Waals surface area contributed by atoms with Crippen LogP contribution in [0.4, 0.5) is 11.4 Å². The minimum atomic E-state index is -0.211. The molecule has 1 fully saturated rings. The van der Waals surface area contributed by atoms with Crippen molar-refractivity contribution in [1.29, 1.82) is 0 Å². The predicted octanol–water partition coefficient (Wildman–Crippen LogP) is 2.02. The van der Waals surface area contributed by atoms with Gasteiger partial charge in [-0.15, -0.1) is 12.4 Å². The topological polar surface area (TPSA) is 81.8 Å². The van der Waals surface area contributed by atoms with Crippen molar-refractivity contribution in [2.75, 3.05) is 43.4 Å². The second kappa shape index (κ2) is 10.4. The molecule has 1 aromatic carbocycles. The van der Waals surface area contributed by atoms with Gasteiger partial charge in [-0.25, -0.2) is 0 Å². The molecule has 1 aromatic rings. The van der Waals surface area contributed by atoms with Crippen LogP contribution in [-0.2, 0) is 14.4 Å². The van der Waals surface area contributed by atoms with E-state index >= 15 is 0 Å². The largest absolute Gasteiger partial charge is 0.343 e. The fourth-order valence-electron chi connectivity index (χ4n) is 3.78. The summed E-state index contributed by atoms with van der Waals surface area (Å²) in [6, 6.07) is 7.23. The van der Waals surface area contributed by atoms with Gasteiger partial charge in [0, 0.05) is 25.9 Å². The number of hydrogen-bond acceptors (Lipinski definition) is 4. The average molecular weight is 409 g/mol. The zero-order valence-corrected chi connectivity index (χ0v) is 17.1. The number of nitrogens with zero attached hydrogens (tertiary/aromatic N) is 2. The van der Waals surface area contributed by atoms with E-state index in [0.717, 1.165) is 38.9 Å². The lowest BCUT2D eigenvalue weighted by Crippen LogP contribution is -2.43. The Bertz CT molecular complexity index is 704. The molecule has 0 radical (unpaired) electrons. The van der Waals surface area contributed by atoms with Gasteiger partial charge in [0.25, 0.3) is 0 Å². The van der Waals surface area contributed by atoms with Crippen LogP contribution in [0.25, 0.3) is 0 Å². The fourth-order valence-corrected chi connectivity index (χ4v) is 3.78. The van der Waals surface area contributed by atoms with Crippen LogP contribution in [0, 0.1) is 5.92 Å². The van der Waals surface area contributed by atoms with Crippen LogP contribution in [0.5, 0.6) is 0 Å². The lowest BCUT2D eigenvalue weighted by molar-refractivity contribution is -0.134. The van der Waals surface area contributed by atoms with E-state index in [1.54, 1.807) is 6.07 Å². The number of likely N-dealkylation sites (tertiary alicyclic amines) is 1. The summed E-state index contributed by atoms with van der Waals surface area (Å²) in [4.78, 5) is 40.3. The van der Waals surface area contributed by atoms with Crippen LogP contribution in [0.2, 0.25) is 0 Å². The van der Waals surface area contributed by atoms with E-state index < -0.39 is 0 Å². The summed E-state index contributed by atoms with van der Waals surface area (Å²) >= 11 is 0. The molecule has 2 aliphatic heterocycles. The van der Waals surface area contributed by atoms with E-state index in [1.165, 1.54) is 4.90 Å². The van der Waals surface area contributed by atoms with Gasteiger partial charge in [-0.2, -0.15) is 0 Å². The van der Waals surface area contributed by atoms with Crippen LogP contribution < -0.4 is 15.5 Å². The Hall–Kier alpha value is -2.12. The summed E-state index contributed by atoms with van der Waals surface area (Å²) in [5.41, 5.74) is 1.33. The van der Waals surface area contributed by atoms with E-state index in [9.17, 15) is 14.4 Å². The Labute approximate surface area is 172 Å². The van der Waals surface area contributed by atoms with Gasteiger partial charge in [-0.1, -0.05) is 12.1 Å². The van der Waals surface area contributed by atoms with Gasteiger partial charge >= 0.3 is 0 Å². The van der Waals surface area contributed by atoms with Gasteiger partial charge < -0.3 is 20.4 Å². The molecule has 2 aliphatic rings. The lowest BCUT2D eigenvalue weighted by Gasteiger charge is -2.32. The molecule has 3 amide bonds. The number of anilines is 2. The molecule has 0 spiro atoms. The molecule has 2 N–H and O–H groups in total. The van der Waals surface area contributed by atoms with Crippen molar-refractivity contribution in [3.05, 3.63) is 24.3 Å². The van der Waals surface area contributed by atoms with E-state index in [2.05, 4.69) is 10.6 Å². The van der Waals surface area contributed by atoms with Crippen molar-refractivity contribution in [1.82, 2.24) is 10.2 Å². The number of piperidine rings is 1. The predicted molar refractivity (Wildman–Crippen MR) is 112 cm³/mol. The number of fused-ring (bicyclic) bond motifs is 1. The molecular formula is C20H29ClN4O3. The molecule has 0 unspecified atom stereocenters. The maximum atomic E-state index is 12.6. The summed E-state index contributed by atoms with van der Waals surface area (Å²) < 4.78 is 0. The molecule has 1 saturated heterocycles. The number of amides is 3. The minimum Gasteiger partial charge on any atom is -0.343 e. The highest BCUT2D eigenvalue weighted by Gasteiger charge is 2.28.